The minimum atomic E-state index is 0.0762. The van der Waals surface area contributed by atoms with Crippen LogP contribution in [0.5, 0.6) is 0 Å². The Hall–Kier alpha value is -0.900. The molecule has 3 nitrogen and oxygen atoms in total. The van der Waals surface area contributed by atoms with Gasteiger partial charge < -0.3 is 4.74 Å². The molecule has 1 aromatic rings. The van der Waals surface area contributed by atoms with Crippen molar-refractivity contribution in [3.05, 3.63) is 34.9 Å². The predicted molar refractivity (Wildman–Crippen MR) is 88.0 cm³/mol. The summed E-state index contributed by atoms with van der Waals surface area (Å²) in [7, 11) is 0. The van der Waals surface area contributed by atoms with Crippen molar-refractivity contribution in [2.24, 2.45) is 11.8 Å². The summed E-state index contributed by atoms with van der Waals surface area (Å²) in [6.07, 6.45) is 6.68. The van der Waals surface area contributed by atoms with Crippen molar-refractivity contribution in [1.82, 2.24) is 5.43 Å². The second-order valence-corrected chi connectivity index (χ2v) is 6.31. The Morgan fingerprint density at radius 2 is 1.90 bits per heavy atom. The maximum atomic E-state index is 6.12. The molecule has 1 aliphatic carbocycles. The summed E-state index contributed by atoms with van der Waals surface area (Å²) >= 11 is 0. The second kappa shape index (κ2) is 7.92. The smallest absolute Gasteiger partial charge is 0.0810 e. The number of nitrogens with two attached hydrogens (primary N) is 1. The minimum Gasteiger partial charge on any atom is -0.376 e. The summed E-state index contributed by atoms with van der Waals surface area (Å²) < 4.78 is 6.12. The quantitative estimate of drug-likeness (QED) is 0.619. The maximum absolute atomic E-state index is 6.12. The van der Waals surface area contributed by atoms with Gasteiger partial charge in [-0.2, -0.15) is 0 Å². The van der Waals surface area contributed by atoms with Crippen LogP contribution in [-0.4, -0.2) is 12.7 Å². The van der Waals surface area contributed by atoms with E-state index in [9.17, 15) is 0 Å². The SMILES string of the molecule is CCOC(C1CCCCC1)C(NN)c1ccc(C)c(C)c1. The molecular weight excluding hydrogens is 260 g/mol. The molecule has 0 radical (unpaired) electrons. The van der Waals surface area contributed by atoms with E-state index in [2.05, 4.69) is 44.4 Å². The molecular formula is C18H30N2O. The van der Waals surface area contributed by atoms with Gasteiger partial charge in [-0.25, -0.2) is 0 Å². The van der Waals surface area contributed by atoms with Crippen LogP contribution in [0.1, 0.15) is 61.8 Å². The molecule has 0 amide bonds. The molecule has 1 saturated carbocycles. The molecule has 1 aliphatic rings. The van der Waals surface area contributed by atoms with Gasteiger partial charge in [-0.3, -0.25) is 11.3 Å². The summed E-state index contributed by atoms with van der Waals surface area (Å²) in [4.78, 5) is 0. The molecule has 3 heteroatoms. The topological polar surface area (TPSA) is 47.3 Å². The van der Waals surface area contributed by atoms with E-state index in [1.807, 2.05) is 0 Å². The number of hydrogen-bond acceptors (Lipinski definition) is 3. The van der Waals surface area contributed by atoms with Gasteiger partial charge in [0.2, 0.25) is 0 Å². The molecule has 2 unspecified atom stereocenters. The van der Waals surface area contributed by atoms with Gasteiger partial charge >= 0.3 is 0 Å². The van der Waals surface area contributed by atoms with Crippen LogP contribution in [0.15, 0.2) is 18.2 Å². The minimum absolute atomic E-state index is 0.0762. The van der Waals surface area contributed by atoms with Crippen molar-refractivity contribution < 1.29 is 4.74 Å². The van der Waals surface area contributed by atoms with E-state index in [1.165, 1.54) is 48.8 Å². The highest BCUT2D eigenvalue weighted by Crippen LogP contribution is 2.34. The van der Waals surface area contributed by atoms with Gasteiger partial charge in [0.25, 0.3) is 0 Å². The lowest BCUT2D eigenvalue weighted by atomic mass is 9.80. The van der Waals surface area contributed by atoms with Gasteiger partial charge in [-0.15, -0.1) is 0 Å². The van der Waals surface area contributed by atoms with Crippen LogP contribution in [0.3, 0.4) is 0 Å². The third-order valence-electron chi connectivity index (χ3n) is 4.87. The number of aryl methyl sites for hydroxylation is 2. The van der Waals surface area contributed by atoms with Crippen molar-refractivity contribution >= 4 is 0 Å². The van der Waals surface area contributed by atoms with Gasteiger partial charge in [0, 0.05) is 6.61 Å². The number of rotatable bonds is 6. The monoisotopic (exact) mass is 290 g/mol. The average Bonchev–Trinajstić information content (AvgIpc) is 2.51. The van der Waals surface area contributed by atoms with Crippen LogP contribution in [0.25, 0.3) is 0 Å². The predicted octanol–water partition coefficient (Wildman–Crippen LogP) is 3.79. The molecule has 0 heterocycles. The normalized spacial score (nSPS) is 19.4. The Kier molecular flexibility index (Phi) is 6.22. The molecule has 21 heavy (non-hydrogen) atoms. The fourth-order valence-electron chi connectivity index (χ4n) is 3.50. The van der Waals surface area contributed by atoms with Crippen LogP contribution in [0.2, 0.25) is 0 Å². The Balaban J connectivity index is 2.23. The zero-order valence-corrected chi connectivity index (χ0v) is 13.7. The summed E-state index contributed by atoms with van der Waals surface area (Å²) in [5.41, 5.74) is 6.89. The standard InChI is InChI=1S/C18H30N2O/c1-4-21-18(15-8-6-5-7-9-15)17(20-19)16-11-10-13(2)14(3)12-16/h10-12,15,17-18,20H,4-9,19H2,1-3H3. The van der Waals surface area contributed by atoms with Crippen LogP contribution in [-0.2, 0) is 4.74 Å². The number of hydrogen-bond donors (Lipinski definition) is 2. The van der Waals surface area contributed by atoms with Gasteiger partial charge in [-0.1, -0.05) is 37.5 Å². The van der Waals surface area contributed by atoms with Gasteiger partial charge in [0.1, 0.15) is 0 Å². The first-order chi connectivity index (χ1) is 10.2. The first-order valence-electron chi connectivity index (χ1n) is 8.32. The zero-order valence-electron chi connectivity index (χ0n) is 13.7. The largest absolute Gasteiger partial charge is 0.376 e. The molecule has 1 aromatic carbocycles. The average molecular weight is 290 g/mol. The van der Waals surface area contributed by atoms with E-state index in [1.54, 1.807) is 0 Å². The molecule has 118 valence electrons. The fraction of sp³-hybridized carbons (Fsp3) is 0.667. The second-order valence-electron chi connectivity index (χ2n) is 6.31. The lowest BCUT2D eigenvalue weighted by molar-refractivity contribution is -0.0184. The summed E-state index contributed by atoms with van der Waals surface area (Å²) in [6.45, 7) is 7.11. The highest BCUT2D eigenvalue weighted by Gasteiger charge is 2.31. The lowest BCUT2D eigenvalue weighted by Gasteiger charge is -2.35. The van der Waals surface area contributed by atoms with E-state index in [0.29, 0.717) is 5.92 Å². The molecule has 2 atom stereocenters. The van der Waals surface area contributed by atoms with Crippen LogP contribution in [0.4, 0.5) is 0 Å². The maximum Gasteiger partial charge on any atom is 0.0810 e. The lowest BCUT2D eigenvalue weighted by Crippen LogP contribution is -2.42. The third kappa shape index (κ3) is 4.06. The molecule has 0 saturated heterocycles. The van der Waals surface area contributed by atoms with Crippen molar-refractivity contribution in [2.75, 3.05) is 6.61 Å². The molecule has 0 spiro atoms. The van der Waals surface area contributed by atoms with E-state index < -0.39 is 0 Å². The van der Waals surface area contributed by atoms with E-state index in [0.717, 1.165) is 6.61 Å². The van der Waals surface area contributed by atoms with Crippen LogP contribution >= 0.6 is 0 Å². The van der Waals surface area contributed by atoms with Crippen LogP contribution < -0.4 is 11.3 Å². The van der Waals surface area contributed by atoms with Crippen LogP contribution in [0, 0.1) is 19.8 Å². The molecule has 0 aliphatic heterocycles. The van der Waals surface area contributed by atoms with E-state index in [-0.39, 0.29) is 12.1 Å². The summed E-state index contributed by atoms with van der Waals surface area (Å²) in [5, 5.41) is 0. The van der Waals surface area contributed by atoms with Crippen molar-refractivity contribution in [3.63, 3.8) is 0 Å². The fourth-order valence-corrected chi connectivity index (χ4v) is 3.50. The highest BCUT2D eigenvalue weighted by molar-refractivity contribution is 5.32. The Morgan fingerprint density at radius 3 is 2.48 bits per heavy atom. The Labute approximate surface area is 129 Å². The zero-order chi connectivity index (χ0) is 15.2. The van der Waals surface area contributed by atoms with E-state index >= 15 is 0 Å². The van der Waals surface area contributed by atoms with E-state index in [4.69, 9.17) is 10.6 Å². The van der Waals surface area contributed by atoms with Gasteiger partial charge in [0.15, 0.2) is 0 Å². The Bertz CT molecular complexity index is 441. The van der Waals surface area contributed by atoms with Crippen molar-refractivity contribution in [3.8, 4) is 0 Å². The number of nitrogens with one attached hydrogen (secondary N) is 1. The first-order valence-corrected chi connectivity index (χ1v) is 8.32. The molecule has 1 fully saturated rings. The number of hydrazine groups is 1. The summed E-state index contributed by atoms with van der Waals surface area (Å²) in [6, 6.07) is 6.68. The van der Waals surface area contributed by atoms with Crippen molar-refractivity contribution in [2.45, 2.75) is 65.0 Å². The third-order valence-corrected chi connectivity index (χ3v) is 4.87. The first kappa shape index (κ1) is 16.5. The van der Waals surface area contributed by atoms with Gasteiger partial charge in [0.05, 0.1) is 12.1 Å². The molecule has 3 N–H and O–H groups in total. The highest BCUT2D eigenvalue weighted by atomic mass is 16.5. The molecule has 2 rings (SSSR count). The summed E-state index contributed by atoms with van der Waals surface area (Å²) in [5.74, 6) is 6.51. The Morgan fingerprint density at radius 1 is 1.19 bits per heavy atom. The van der Waals surface area contributed by atoms with Crippen molar-refractivity contribution in [1.29, 1.82) is 0 Å². The molecule has 0 bridgehead atoms. The number of ether oxygens (including phenoxy) is 1. The van der Waals surface area contributed by atoms with Gasteiger partial charge in [-0.05, 0) is 56.2 Å². The molecule has 0 aromatic heterocycles. The number of benzene rings is 1.